The van der Waals surface area contributed by atoms with E-state index in [0.717, 1.165) is 26.9 Å². The van der Waals surface area contributed by atoms with Crippen molar-refractivity contribution in [1.29, 1.82) is 0 Å². The van der Waals surface area contributed by atoms with E-state index in [-0.39, 0.29) is 16.3 Å². The normalized spacial score (nSPS) is 12.0. The zero-order chi connectivity index (χ0) is 17.5. The highest BCUT2D eigenvalue weighted by Crippen LogP contribution is 2.21. The molecule has 3 aromatic rings. The third-order valence-corrected chi connectivity index (χ3v) is 6.70. The number of pyridine rings is 1. The van der Waals surface area contributed by atoms with Crippen molar-refractivity contribution in [2.24, 2.45) is 0 Å². The van der Waals surface area contributed by atoms with Gasteiger partial charge < -0.3 is 4.98 Å². The van der Waals surface area contributed by atoms with Gasteiger partial charge in [0.25, 0.3) is 5.56 Å². The summed E-state index contributed by atoms with van der Waals surface area (Å²) in [6.07, 6.45) is 0. The Bertz CT molecular complexity index is 1080. The molecule has 1 aromatic carbocycles. The fraction of sp³-hybridized carbons (Fsp3) is 0.235. The Kier molecular flexibility index (Phi) is 4.33. The van der Waals surface area contributed by atoms with Crippen molar-refractivity contribution in [2.75, 3.05) is 0 Å². The first-order valence-corrected chi connectivity index (χ1v) is 9.75. The molecule has 7 heteroatoms. The number of fused-ring (bicyclic) bond motifs is 1. The molecule has 3 rings (SSSR count). The predicted octanol–water partition coefficient (Wildman–Crippen LogP) is 2.99. The van der Waals surface area contributed by atoms with Gasteiger partial charge in [-0.1, -0.05) is 11.6 Å². The molecular formula is C17H18N2O3S2. The molecule has 2 heterocycles. The van der Waals surface area contributed by atoms with Crippen LogP contribution in [0.4, 0.5) is 0 Å². The van der Waals surface area contributed by atoms with E-state index in [0.29, 0.717) is 5.56 Å². The summed E-state index contributed by atoms with van der Waals surface area (Å²) in [5.41, 5.74) is 2.98. The second-order valence-corrected chi connectivity index (χ2v) is 9.14. The minimum absolute atomic E-state index is 0.0441. The number of hydrogen-bond donors (Lipinski definition) is 2. The molecule has 5 nitrogen and oxygen atoms in total. The molecule has 24 heavy (non-hydrogen) atoms. The molecule has 0 saturated carbocycles. The number of rotatable bonds is 4. The summed E-state index contributed by atoms with van der Waals surface area (Å²) in [4.78, 5) is 16.0. The zero-order valence-corrected chi connectivity index (χ0v) is 15.3. The summed E-state index contributed by atoms with van der Waals surface area (Å²) in [6.45, 7) is 5.73. The first kappa shape index (κ1) is 16.9. The summed E-state index contributed by atoms with van der Waals surface area (Å²) < 4.78 is 27.3. The van der Waals surface area contributed by atoms with Crippen molar-refractivity contribution in [2.45, 2.75) is 31.5 Å². The van der Waals surface area contributed by atoms with E-state index >= 15 is 0 Å². The quantitative estimate of drug-likeness (QED) is 0.749. The van der Waals surface area contributed by atoms with Gasteiger partial charge in [-0.25, -0.2) is 13.1 Å². The van der Waals surface area contributed by atoms with E-state index in [2.05, 4.69) is 9.71 Å². The Balaban J connectivity index is 1.93. The summed E-state index contributed by atoms with van der Waals surface area (Å²) in [7, 11) is -3.61. The molecule has 0 aliphatic rings. The first-order valence-electron chi connectivity index (χ1n) is 7.45. The minimum Gasteiger partial charge on any atom is -0.321 e. The maximum absolute atomic E-state index is 12.3. The molecule has 0 unspecified atom stereocenters. The molecule has 0 atom stereocenters. The molecule has 2 N–H and O–H groups in total. The largest absolute Gasteiger partial charge is 0.321 e. The average Bonchev–Trinajstić information content (AvgIpc) is 2.93. The number of thiophene rings is 1. The second kappa shape index (κ2) is 6.16. The van der Waals surface area contributed by atoms with E-state index in [1.807, 2.05) is 32.9 Å². The van der Waals surface area contributed by atoms with Crippen LogP contribution in [-0.2, 0) is 16.6 Å². The van der Waals surface area contributed by atoms with Crippen LogP contribution < -0.4 is 10.3 Å². The van der Waals surface area contributed by atoms with Crippen LogP contribution in [-0.4, -0.2) is 13.4 Å². The maximum atomic E-state index is 12.3. The van der Waals surface area contributed by atoms with Crippen LogP contribution in [0.25, 0.3) is 10.9 Å². The molecule has 0 spiro atoms. The van der Waals surface area contributed by atoms with Crippen molar-refractivity contribution >= 4 is 32.3 Å². The van der Waals surface area contributed by atoms with Crippen molar-refractivity contribution in [1.82, 2.24) is 9.71 Å². The lowest BCUT2D eigenvalue weighted by Gasteiger charge is -2.08. The molecule has 0 amide bonds. The number of aromatic amines is 1. The van der Waals surface area contributed by atoms with Gasteiger partial charge in [-0.05, 0) is 56.0 Å². The van der Waals surface area contributed by atoms with E-state index in [4.69, 9.17) is 0 Å². The van der Waals surface area contributed by atoms with E-state index in [1.165, 1.54) is 11.3 Å². The molecule has 0 fully saturated rings. The van der Waals surface area contributed by atoms with Gasteiger partial charge in [-0.3, -0.25) is 4.79 Å². The number of H-pyrrole nitrogens is 1. The Hall–Kier alpha value is -1.96. The predicted molar refractivity (Wildman–Crippen MR) is 97.1 cm³/mol. The number of aryl methyl sites for hydroxylation is 3. The van der Waals surface area contributed by atoms with Gasteiger partial charge in [0.2, 0.25) is 10.0 Å². The van der Waals surface area contributed by atoms with Gasteiger partial charge in [0.1, 0.15) is 4.21 Å². The molecule has 0 bridgehead atoms. The van der Waals surface area contributed by atoms with Gasteiger partial charge in [0.05, 0.1) is 5.52 Å². The lowest BCUT2D eigenvalue weighted by Crippen LogP contribution is -2.26. The van der Waals surface area contributed by atoms with Crippen LogP contribution in [0.15, 0.2) is 39.3 Å². The SMILES string of the molecule is Cc1cc(C)c2[nH]c(=O)c(CNS(=O)(=O)c3ccc(C)s3)cc2c1. The Labute approximate surface area is 144 Å². The van der Waals surface area contributed by atoms with Crippen molar-refractivity contribution in [3.63, 3.8) is 0 Å². The molecular weight excluding hydrogens is 344 g/mol. The molecule has 0 aliphatic heterocycles. The van der Waals surface area contributed by atoms with Crippen LogP contribution in [0.2, 0.25) is 0 Å². The lowest BCUT2D eigenvalue weighted by atomic mass is 10.1. The molecule has 2 aromatic heterocycles. The van der Waals surface area contributed by atoms with Crippen LogP contribution in [0, 0.1) is 20.8 Å². The van der Waals surface area contributed by atoms with Gasteiger partial charge in [-0.15, -0.1) is 11.3 Å². The molecule has 0 saturated heterocycles. The Morgan fingerprint density at radius 3 is 2.54 bits per heavy atom. The summed E-state index contributed by atoms with van der Waals surface area (Å²) in [6, 6.07) is 9.04. The van der Waals surface area contributed by atoms with Crippen LogP contribution in [0.5, 0.6) is 0 Å². The number of benzene rings is 1. The fourth-order valence-corrected chi connectivity index (χ4v) is 5.00. The third-order valence-electron chi connectivity index (χ3n) is 3.80. The fourth-order valence-electron chi connectivity index (χ4n) is 2.66. The molecule has 126 valence electrons. The monoisotopic (exact) mass is 362 g/mol. The standard InChI is InChI=1S/C17H18N2O3S2/c1-10-6-11(2)16-13(7-10)8-14(17(20)19-16)9-18-24(21,22)15-5-4-12(3)23-15/h4-8,18H,9H2,1-3H3,(H,19,20). The maximum Gasteiger partial charge on any atom is 0.252 e. The van der Waals surface area contributed by atoms with Crippen LogP contribution in [0.1, 0.15) is 21.6 Å². The highest BCUT2D eigenvalue weighted by molar-refractivity contribution is 7.91. The van der Waals surface area contributed by atoms with E-state index in [1.54, 1.807) is 18.2 Å². The number of sulfonamides is 1. The Morgan fingerprint density at radius 2 is 1.88 bits per heavy atom. The van der Waals surface area contributed by atoms with Crippen molar-refractivity contribution < 1.29 is 8.42 Å². The van der Waals surface area contributed by atoms with Gasteiger partial charge in [0, 0.05) is 17.0 Å². The van der Waals surface area contributed by atoms with Gasteiger partial charge in [0.15, 0.2) is 0 Å². The first-order chi connectivity index (χ1) is 11.3. The summed E-state index contributed by atoms with van der Waals surface area (Å²) in [5, 5.41) is 0.897. The van der Waals surface area contributed by atoms with E-state index in [9.17, 15) is 13.2 Å². The highest BCUT2D eigenvalue weighted by atomic mass is 32.2. The number of nitrogens with one attached hydrogen (secondary N) is 2. The summed E-state index contributed by atoms with van der Waals surface area (Å²) >= 11 is 1.20. The number of aromatic nitrogens is 1. The third kappa shape index (κ3) is 3.28. The Morgan fingerprint density at radius 1 is 1.12 bits per heavy atom. The second-order valence-electron chi connectivity index (χ2n) is 5.86. The van der Waals surface area contributed by atoms with Crippen LogP contribution in [0.3, 0.4) is 0 Å². The minimum atomic E-state index is -3.61. The average molecular weight is 362 g/mol. The number of hydrogen-bond acceptors (Lipinski definition) is 4. The van der Waals surface area contributed by atoms with Crippen LogP contribution >= 0.6 is 11.3 Å². The van der Waals surface area contributed by atoms with Gasteiger partial charge in [-0.2, -0.15) is 0 Å². The topological polar surface area (TPSA) is 79.0 Å². The lowest BCUT2D eigenvalue weighted by molar-refractivity contribution is 0.583. The van der Waals surface area contributed by atoms with E-state index < -0.39 is 10.0 Å². The highest BCUT2D eigenvalue weighted by Gasteiger charge is 2.16. The molecule has 0 aliphatic carbocycles. The van der Waals surface area contributed by atoms with Crippen molar-refractivity contribution in [3.8, 4) is 0 Å². The molecule has 0 radical (unpaired) electrons. The van der Waals surface area contributed by atoms with Gasteiger partial charge >= 0.3 is 0 Å². The smallest absolute Gasteiger partial charge is 0.252 e. The van der Waals surface area contributed by atoms with Crippen molar-refractivity contribution in [3.05, 3.63) is 62.3 Å². The zero-order valence-electron chi connectivity index (χ0n) is 13.6. The summed E-state index contributed by atoms with van der Waals surface area (Å²) in [5.74, 6) is 0.